The van der Waals surface area contributed by atoms with Gasteiger partial charge in [0.1, 0.15) is 11.2 Å². The Hall–Kier alpha value is -2.25. The van der Waals surface area contributed by atoms with Crippen molar-refractivity contribution in [2.45, 2.75) is 19.4 Å². The lowest BCUT2D eigenvalue weighted by Gasteiger charge is -2.34. The van der Waals surface area contributed by atoms with Gasteiger partial charge in [0, 0.05) is 37.5 Å². The van der Waals surface area contributed by atoms with Crippen LogP contribution in [-0.2, 0) is 0 Å². The van der Waals surface area contributed by atoms with E-state index in [4.69, 9.17) is 5.11 Å². The fraction of sp³-hybridized carbons (Fsp3) is 0.438. The van der Waals surface area contributed by atoms with Crippen molar-refractivity contribution < 1.29 is 15.0 Å². The van der Waals surface area contributed by atoms with Crippen molar-refractivity contribution in [1.29, 1.82) is 0 Å². The van der Waals surface area contributed by atoms with E-state index in [1.54, 1.807) is 25.1 Å². The third kappa shape index (κ3) is 2.73. The van der Waals surface area contributed by atoms with Crippen molar-refractivity contribution in [3.8, 4) is 0 Å². The van der Waals surface area contributed by atoms with E-state index in [1.165, 1.54) is 15.5 Å². The number of β-amino-alcohol motifs (C(OH)–C–C–N with tert-alkyl or cyclic N) is 1. The van der Waals surface area contributed by atoms with Crippen molar-refractivity contribution in [3.63, 3.8) is 0 Å². The number of pyridine rings is 1. The normalized spacial score (nSPS) is 21.6. The Balaban J connectivity index is 1.95. The van der Waals surface area contributed by atoms with Gasteiger partial charge in [-0.05, 0) is 25.5 Å². The van der Waals surface area contributed by atoms with Crippen molar-refractivity contribution in [3.05, 3.63) is 46.0 Å². The van der Waals surface area contributed by atoms with E-state index >= 15 is 0 Å². The molecule has 7 nitrogen and oxygen atoms in total. The minimum absolute atomic E-state index is 0.00792. The van der Waals surface area contributed by atoms with Gasteiger partial charge in [0.05, 0.1) is 6.10 Å². The number of hydrogen-bond acceptors (Lipinski definition) is 5. The molecule has 23 heavy (non-hydrogen) atoms. The number of amides is 1. The number of hydrogen-bond donors (Lipinski definition) is 2. The molecule has 0 aromatic carbocycles. The summed E-state index contributed by atoms with van der Waals surface area (Å²) in [5, 5.41) is 19.1. The largest absolute Gasteiger partial charge is 0.396 e. The number of piperidine rings is 1. The number of aliphatic hydroxyl groups excluding tert-OH is 2. The van der Waals surface area contributed by atoms with Gasteiger partial charge < -0.3 is 15.1 Å². The Labute approximate surface area is 132 Å². The first kappa shape index (κ1) is 15.6. The minimum Gasteiger partial charge on any atom is -0.396 e. The first-order valence-corrected chi connectivity index (χ1v) is 7.58. The maximum absolute atomic E-state index is 12.6. The Kier molecular flexibility index (Phi) is 4.14. The lowest BCUT2D eigenvalue weighted by atomic mass is 9.94. The molecule has 1 saturated heterocycles. The number of rotatable bonds is 2. The summed E-state index contributed by atoms with van der Waals surface area (Å²) in [5.41, 5.74) is 0.780. The van der Waals surface area contributed by atoms with Crippen LogP contribution in [0.25, 0.3) is 5.65 Å². The quantitative estimate of drug-likeness (QED) is 0.801. The highest BCUT2D eigenvalue weighted by atomic mass is 16.3. The number of carbonyl (C=O) groups is 1. The summed E-state index contributed by atoms with van der Waals surface area (Å²) in [7, 11) is 0. The second kappa shape index (κ2) is 6.10. The third-order valence-corrected chi connectivity index (χ3v) is 4.40. The molecule has 2 N–H and O–H groups in total. The molecule has 3 rings (SSSR count). The molecule has 0 unspecified atom stereocenters. The molecule has 2 aromatic heterocycles. The lowest BCUT2D eigenvalue weighted by Crippen LogP contribution is -2.48. The zero-order chi connectivity index (χ0) is 16.6. The van der Waals surface area contributed by atoms with Gasteiger partial charge in [0.25, 0.3) is 11.5 Å². The van der Waals surface area contributed by atoms with E-state index in [1.807, 2.05) is 0 Å². The predicted molar refractivity (Wildman–Crippen MR) is 83.3 cm³/mol. The molecular formula is C16H19N3O4. The van der Waals surface area contributed by atoms with Crippen LogP contribution < -0.4 is 5.56 Å². The molecule has 2 atom stereocenters. The highest BCUT2D eigenvalue weighted by molar-refractivity contribution is 5.93. The molecule has 2 aromatic rings. The van der Waals surface area contributed by atoms with Crippen LogP contribution in [0.15, 0.2) is 29.2 Å². The molecule has 122 valence electrons. The number of aliphatic hydroxyl groups is 2. The van der Waals surface area contributed by atoms with Crippen LogP contribution in [0.3, 0.4) is 0 Å². The number of fused-ring (bicyclic) bond motifs is 1. The molecule has 1 amide bonds. The molecule has 0 radical (unpaired) electrons. The Morgan fingerprint density at radius 2 is 2.22 bits per heavy atom. The topological polar surface area (TPSA) is 95.1 Å². The average Bonchev–Trinajstić information content (AvgIpc) is 2.54. The summed E-state index contributed by atoms with van der Waals surface area (Å²) >= 11 is 0. The number of carbonyl (C=O) groups excluding carboxylic acids is 1. The zero-order valence-electron chi connectivity index (χ0n) is 12.8. The maximum atomic E-state index is 12.6. The average molecular weight is 317 g/mol. The van der Waals surface area contributed by atoms with Crippen LogP contribution in [0, 0.1) is 12.8 Å². The Morgan fingerprint density at radius 3 is 2.91 bits per heavy atom. The molecule has 7 heteroatoms. The first-order chi connectivity index (χ1) is 11.0. The number of nitrogens with zero attached hydrogens (tertiary/aromatic N) is 3. The Bertz CT molecular complexity index is 802. The molecule has 1 aliphatic heterocycles. The van der Waals surface area contributed by atoms with Crippen molar-refractivity contribution in [2.24, 2.45) is 5.92 Å². The fourth-order valence-electron chi connectivity index (χ4n) is 2.97. The smallest absolute Gasteiger partial charge is 0.270 e. The maximum Gasteiger partial charge on any atom is 0.270 e. The van der Waals surface area contributed by atoms with Gasteiger partial charge in [-0.3, -0.25) is 14.0 Å². The monoisotopic (exact) mass is 317 g/mol. The van der Waals surface area contributed by atoms with Gasteiger partial charge in [-0.15, -0.1) is 0 Å². The van der Waals surface area contributed by atoms with E-state index in [9.17, 15) is 14.7 Å². The summed E-state index contributed by atoms with van der Waals surface area (Å²) in [6, 6.07) is 5.29. The molecular weight excluding hydrogens is 298 g/mol. The molecule has 1 aliphatic rings. The molecule has 0 spiro atoms. The number of aryl methyl sites for hydroxylation is 1. The third-order valence-electron chi connectivity index (χ3n) is 4.40. The molecule has 0 aliphatic carbocycles. The summed E-state index contributed by atoms with van der Waals surface area (Å²) in [5.74, 6) is -0.660. The molecule has 3 heterocycles. The number of aromatic nitrogens is 2. The van der Waals surface area contributed by atoms with Gasteiger partial charge in [-0.25, -0.2) is 4.98 Å². The van der Waals surface area contributed by atoms with Gasteiger partial charge in [-0.1, -0.05) is 6.07 Å². The van der Waals surface area contributed by atoms with Gasteiger partial charge in [-0.2, -0.15) is 0 Å². The minimum atomic E-state index is -0.782. The van der Waals surface area contributed by atoms with Crippen molar-refractivity contribution >= 4 is 11.6 Å². The second-order valence-electron chi connectivity index (χ2n) is 5.89. The lowest BCUT2D eigenvalue weighted by molar-refractivity contribution is 0.000782. The summed E-state index contributed by atoms with van der Waals surface area (Å²) in [4.78, 5) is 30.8. The standard InChI is InChI=1S/C16H19N3O4/c1-10-3-2-4-14-17-7-12(16(23)19(10)14)15(22)18-6-5-11(9-20)13(21)8-18/h2-4,7,11,13,20-21H,5-6,8-9H2,1H3/t11-,13+/m1/s1. The van der Waals surface area contributed by atoms with Crippen LogP contribution in [0.4, 0.5) is 0 Å². The molecule has 0 saturated carbocycles. The van der Waals surface area contributed by atoms with E-state index < -0.39 is 17.6 Å². The zero-order valence-corrected chi connectivity index (χ0v) is 12.8. The molecule has 1 fully saturated rings. The highest BCUT2D eigenvalue weighted by Crippen LogP contribution is 2.18. The SMILES string of the molecule is Cc1cccc2ncc(C(=O)N3CC[C@H](CO)[C@@H](O)C3)c(=O)n12. The predicted octanol–water partition coefficient (Wildman–Crippen LogP) is -0.182. The second-order valence-corrected chi connectivity index (χ2v) is 5.89. The number of likely N-dealkylation sites (tertiary alicyclic amines) is 1. The van der Waals surface area contributed by atoms with E-state index in [0.717, 1.165) is 0 Å². The van der Waals surface area contributed by atoms with Crippen LogP contribution >= 0.6 is 0 Å². The van der Waals surface area contributed by atoms with Crippen LogP contribution in [-0.4, -0.2) is 56.2 Å². The van der Waals surface area contributed by atoms with Gasteiger partial charge >= 0.3 is 0 Å². The van der Waals surface area contributed by atoms with E-state index in [2.05, 4.69) is 4.98 Å². The highest BCUT2D eigenvalue weighted by Gasteiger charge is 2.31. The van der Waals surface area contributed by atoms with Crippen molar-refractivity contribution in [1.82, 2.24) is 14.3 Å². The van der Waals surface area contributed by atoms with Gasteiger partial charge in [0.15, 0.2) is 0 Å². The first-order valence-electron chi connectivity index (χ1n) is 7.58. The fourth-order valence-corrected chi connectivity index (χ4v) is 2.97. The summed E-state index contributed by atoms with van der Waals surface area (Å²) in [6.07, 6.45) is 1.02. The van der Waals surface area contributed by atoms with E-state index in [0.29, 0.717) is 24.3 Å². The van der Waals surface area contributed by atoms with Gasteiger partial charge in [0.2, 0.25) is 0 Å². The summed E-state index contributed by atoms with van der Waals surface area (Å²) in [6.45, 7) is 2.18. The summed E-state index contributed by atoms with van der Waals surface area (Å²) < 4.78 is 1.41. The van der Waals surface area contributed by atoms with Crippen LogP contribution in [0.2, 0.25) is 0 Å². The van der Waals surface area contributed by atoms with E-state index in [-0.39, 0.29) is 24.6 Å². The Morgan fingerprint density at radius 1 is 1.43 bits per heavy atom. The van der Waals surface area contributed by atoms with Crippen LogP contribution in [0.1, 0.15) is 22.5 Å². The molecule has 0 bridgehead atoms. The van der Waals surface area contributed by atoms with Crippen molar-refractivity contribution in [2.75, 3.05) is 19.7 Å². The van der Waals surface area contributed by atoms with Crippen LogP contribution in [0.5, 0.6) is 0 Å².